The SMILES string of the molecule is CC(C)(C)S/C(F)=C(/C(=C(/F)C(F)(F)F)C(F)(C(F)(F)F)C(F)(F)F)C(F)(F)F. The second kappa shape index (κ2) is 7.80. The van der Waals surface area contributed by atoms with Gasteiger partial charge in [0.05, 0.1) is 5.57 Å². The molecule has 0 aromatic heterocycles. The summed E-state index contributed by atoms with van der Waals surface area (Å²) in [5.41, 5.74) is -16.2. The summed E-state index contributed by atoms with van der Waals surface area (Å²) in [6, 6.07) is 0. The van der Waals surface area contributed by atoms with Crippen LogP contribution in [0.25, 0.3) is 0 Å². The third-order valence-electron chi connectivity index (χ3n) is 2.72. The van der Waals surface area contributed by atoms with E-state index in [0.29, 0.717) is 0 Å². The van der Waals surface area contributed by atoms with Gasteiger partial charge in [0.15, 0.2) is 5.16 Å². The molecule has 0 bridgehead atoms. The highest BCUT2D eigenvalue weighted by atomic mass is 32.2. The van der Waals surface area contributed by atoms with Crippen molar-refractivity contribution in [2.45, 2.75) is 55.9 Å². The molecule has 0 aliphatic heterocycles. The lowest BCUT2D eigenvalue weighted by Crippen LogP contribution is -2.56. The van der Waals surface area contributed by atoms with Crippen LogP contribution in [0.2, 0.25) is 0 Å². The maximum Gasteiger partial charge on any atom is 0.443 e. The van der Waals surface area contributed by atoms with Gasteiger partial charge >= 0.3 is 30.4 Å². The summed E-state index contributed by atoms with van der Waals surface area (Å²) in [6.07, 6.45) is -28.9. The molecular formula is C13H9F15S. The Labute approximate surface area is 156 Å². The largest absolute Gasteiger partial charge is 0.443 e. The highest BCUT2D eigenvalue weighted by Crippen LogP contribution is 2.58. The Bertz CT molecular complexity index is 649. The molecule has 0 saturated heterocycles. The predicted molar refractivity (Wildman–Crippen MR) is 71.7 cm³/mol. The maximum absolute atomic E-state index is 14.1. The molecule has 0 nitrogen and oxygen atoms in total. The minimum absolute atomic E-state index is 0.791. The molecule has 0 heterocycles. The number of halogens is 15. The van der Waals surface area contributed by atoms with Crippen LogP contribution in [-0.4, -0.2) is 35.1 Å². The molecule has 0 atom stereocenters. The number of hydrogen-bond acceptors (Lipinski definition) is 1. The smallest absolute Gasteiger partial charge is 0.218 e. The first-order valence-corrected chi connectivity index (χ1v) is 7.56. The molecule has 0 aliphatic rings. The normalized spacial score (nSPS) is 17.2. The molecule has 0 spiro atoms. The minimum Gasteiger partial charge on any atom is -0.218 e. The van der Waals surface area contributed by atoms with E-state index in [1.807, 2.05) is 0 Å². The fourth-order valence-electron chi connectivity index (χ4n) is 1.69. The van der Waals surface area contributed by atoms with Gasteiger partial charge in [0.25, 0.3) is 0 Å². The third-order valence-corrected chi connectivity index (χ3v) is 3.72. The lowest BCUT2D eigenvalue weighted by atomic mass is 9.87. The first-order chi connectivity index (χ1) is 12.3. The zero-order chi connectivity index (χ0) is 24.0. The first-order valence-electron chi connectivity index (χ1n) is 6.74. The predicted octanol–water partition coefficient (Wildman–Crippen LogP) is 7.88. The molecule has 0 aromatic carbocycles. The Morgan fingerprint density at radius 2 is 0.897 bits per heavy atom. The van der Waals surface area contributed by atoms with E-state index in [2.05, 4.69) is 0 Å². The van der Waals surface area contributed by atoms with Gasteiger partial charge in [-0.05, 0) is 0 Å². The van der Waals surface area contributed by atoms with Gasteiger partial charge in [-0.1, -0.05) is 32.5 Å². The highest BCUT2D eigenvalue weighted by molar-refractivity contribution is 8.04. The second-order valence-corrected chi connectivity index (χ2v) is 7.99. The standard InChI is InChI=1S/C13H9F15S/c1-8(2,3)29-7(15)5(10(17,18)19)4(6(14)11(20,21)22)9(16,12(23,24)25)13(26,27)28/h1-3H3/b6-4-,7-5-. The van der Waals surface area contributed by atoms with Crippen molar-refractivity contribution in [1.29, 1.82) is 0 Å². The van der Waals surface area contributed by atoms with Crippen molar-refractivity contribution >= 4 is 11.8 Å². The average Bonchev–Trinajstić information content (AvgIpc) is 2.35. The van der Waals surface area contributed by atoms with E-state index in [-0.39, 0.29) is 0 Å². The molecule has 0 rings (SSSR count). The Morgan fingerprint density at radius 1 is 0.552 bits per heavy atom. The fraction of sp³-hybridized carbons (Fsp3) is 0.692. The van der Waals surface area contributed by atoms with E-state index in [0.717, 1.165) is 20.8 Å². The van der Waals surface area contributed by atoms with Crippen LogP contribution in [0, 0.1) is 0 Å². The molecule has 0 aliphatic carbocycles. The van der Waals surface area contributed by atoms with Crippen molar-refractivity contribution in [3.63, 3.8) is 0 Å². The summed E-state index contributed by atoms with van der Waals surface area (Å²) in [5, 5.41) is -3.13. The van der Waals surface area contributed by atoms with Gasteiger partial charge < -0.3 is 0 Å². The molecule has 0 fully saturated rings. The first kappa shape index (κ1) is 27.8. The fourth-order valence-corrected chi connectivity index (χ4v) is 2.55. The number of alkyl halides is 13. The van der Waals surface area contributed by atoms with E-state index in [1.54, 1.807) is 0 Å². The van der Waals surface area contributed by atoms with Crippen LogP contribution in [0.4, 0.5) is 65.9 Å². The van der Waals surface area contributed by atoms with Crippen LogP contribution in [0.1, 0.15) is 20.8 Å². The van der Waals surface area contributed by atoms with Gasteiger partial charge in [-0.2, -0.15) is 57.1 Å². The van der Waals surface area contributed by atoms with Gasteiger partial charge in [0, 0.05) is 4.75 Å². The quantitative estimate of drug-likeness (QED) is 0.291. The lowest BCUT2D eigenvalue weighted by molar-refractivity contribution is -0.327. The molecular weight excluding hydrogens is 473 g/mol. The summed E-state index contributed by atoms with van der Waals surface area (Å²) >= 11 is -0.791. The highest BCUT2D eigenvalue weighted by Gasteiger charge is 2.78. The summed E-state index contributed by atoms with van der Waals surface area (Å²) in [7, 11) is 0. The Kier molecular flexibility index (Phi) is 7.47. The number of hydrogen-bond donors (Lipinski definition) is 0. The van der Waals surface area contributed by atoms with Crippen molar-refractivity contribution in [2.24, 2.45) is 0 Å². The average molecular weight is 482 g/mol. The number of thioether (sulfide) groups is 1. The molecule has 0 amide bonds. The van der Waals surface area contributed by atoms with E-state index >= 15 is 0 Å². The molecule has 0 radical (unpaired) electrons. The molecule has 0 N–H and O–H groups in total. The van der Waals surface area contributed by atoms with Gasteiger partial charge in [-0.3, -0.25) is 0 Å². The molecule has 0 saturated carbocycles. The van der Waals surface area contributed by atoms with Crippen molar-refractivity contribution in [3.05, 3.63) is 22.1 Å². The van der Waals surface area contributed by atoms with Gasteiger partial charge in [0.2, 0.25) is 5.83 Å². The zero-order valence-corrected chi connectivity index (χ0v) is 14.9. The molecule has 0 aromatic rings. The van der Waals surface area contributed by atoms with Gasteiger partial charge in [0.1, 0.15) is 5.57 Å². The van der Waals surface area contributed by atoms with Crippen LogP contribution in [0.15, 0.2) is 22.1 Å². The number of rotatable bonds is 3. The molecule has 29 heavy (non-hydrogen) atoms. The number of allylic oxidation sites excluding steroid dienone is 3. The van der Waals surface area contributed by atoms with E-state index in [9.17, 15) is 65.9 Å². The molecule has 0 unspecified atom stereocenters. The van der Waals surface area contributed by atoms with E-state index in [4.69, 9.17) is 0 Å². The summed E-state index contributed by atoms with van der Waals surface area (Å²) in [5.74, 6) is -4.74. The zero-order valence-electron chi connectivity index (χ0n) is 14.1. The Hall–Kier alpha value is -1.22. The van der Waals surface area contributed by atoms with Crippen LogP contribution in [0.5, 0.6) is 0 Å². The summed E-state index contributed by atoms with van der Waals surface area (Å²) in [4.78, 5) is 0. The second-order valence-electron chi connectivity index (χ2n) is 6.20. The minimum atomic E-state index is -7.58. The van der Waals surface area contributed by atoms with E-state index in [1.165, 1.54) is 0 Å². The van der Waals surface area contributed by atoms with Crippen LogP contribution >= 0.6 is 11.8 Å². The van der Waals surface area contributed by atoms with Crippen molar-refractivity contribution in [2.75, 3.05) is 0 Å². The van der Waals surface area contributed by atoms with Gasteiger partial charge in [-0.25, -0.2) is 8.78 Å². The molecule has 172 valence electrons. The summed E-state index contributed by atoms with van der Waals surface area (Å²) < 4.78 is 193. The summed E-state index contributed by atoms with van der Waals surface area (Å²) in [6.45, 7) is 2.60. The van der Waals surface area contributed by atoms with Crippen molar-refractivity contribution in [1.82, 2.24) is 0 Å². The van der Waals surface area contributed by atoms with Crippen LogP contribution in [0.3, 0.4) is 0 Å². The van der Waals surface area contributed by atoms with Gasteiger partial charge in [-0.15, -0.1) is 0 Å². The Morgan fingerprint density at radius 3 is 1.10 bits per heavy atom. The molecule has 16 heteroatoms. The van der Waals surface area contributed by atoms with Crippen molar-refractivity contribution < 1.29 is 65.9 Å². The lowest BCUT2D eigenvalue weighted by Gasteiger charge is -2.34. The monoisotopic (exact) mass is 482 g/mol. The van der Waals surface area contributed by atoms with Crippen molar-refractivity contribution in [3.8, 4) is 0 Å². The maximum atomic E-state index is 14.1. The Balaban J connectivity index is 7.75. The third kappa shape index (κ3) is 6.13. The topological polar surface area (TPSA) is 0 Å². The van der Waals surface area contributed by atoms with Crippen LogP contribution < -0.4 is 0 Å². The van der Waals surface area contributed by atoms with E-state index < -0.39 is 69.0 Å². The van der Waals surface area contributed by atoms with Crippen LogP contribution in [-0.2, 0) is 0 Å².